The molecule has 1 N–H and O–H groups in total. The normalized spacial score (nSPS) is 15.5. The molecule has 0 unspecified atom stereocenters. The Bertz CT molecular complexity index is 755. The largest absolute Gasteiger partial charge is 0.506 e. The molecule has 0 spiro atoms. The smallest absolute Gasteiger partial charge is 0.178 e. The number of aryl methyl sites for hydroxylation is 1. The lowest BCUT2D eigenvalue weighted by atomic mass is 10.1. The van der Waals surface area contributed by atoms with E-state index in [1.807, 2.05) is 10.6 Å². The summed E-state index contributed by atoms with van der Waals surface area (Å²) >= 11 is 0. The van der Waals surface area contributed by atoms with Crippen molar-refractivity contribution in [3.05, 3.63) is 47.3 Å². The molecule has 1 aromatic carbocycles. The molecule has 6 heteroatoms. The number of nitrogens with zero attached hydrogens (tertiary/aromatic N) is 4. The van der Waals surface area contributed by atoms with Gasteiger partial charge in [0.05, 0.1) is 0 Å². The number of allylic oxidation sites excluding steroid dienone is 1. The molecule has 112 valence electrons. The second kappa shape index (κ2) is 5.98. The molecule has 0 saturated carbocycles. The highest BCUT2D eigenvalue weighted by Gasteiger charge is 2.21. The van der Waals surface area contributed by atoms with Gasteiger partial charge < -0.3 is 9.67 Å². The van der Waals surface area contributed by atoms with E-state index in [2.05, 4.69) is 10.2 Å². The van der Waals surface area contributed by atoms with E-state index in [0.717, 1.165) is 38.1 Å². The van der Waals surface area contributed by atoms with E-state index in [9.17, 15) is 14.8 Å². The SMILES string of the molecule is N#CC(=C(O)c1ccc(F)cc1)c1nnc2n1CCCCC2. The van der Waals surface area contributed by atoms with Crippen LogP contribution in [0.5, 0.6) is 0 Å². The molecule has 0 bridgehead atoms. The molecule has 0 radical (unpaired) electrons. The van der Waals surface area contributed by atoms with Crippen LogP contribution in [0.2, 0.25) is 0 Å². The molecule has 3 rings (SSSR count). The van der Waals surface area contributed by atoms with E-state index >= 15 is 0 Å². The molecule has 22 heavy (non-hydrogen) atoms. The van der Waals surface area contributed by atoms with E-state index in [-0.39, 0.29) is 11.3 Å². The van der Waals surface area contributed by atoms with Crippen LogP contribution in [-0.2, 0) is 13.0 Å². The maximum atomic E-state index is 13.0. The fraction of sp³-hybridized carbons (Fsp3) is 0.312. The summed E-state index contributed by atoms with van der Waals surface area (Å²) in [6.45, 7) is 0.736. The van der Waals surface area contributed by atoms with Gasteiger partial charge >= 0.3 is 0 Å². The first kappa shape index (κ1) is 14.3. The molecule has 0 fully saturated rings. The predicted molar refractivity (Wildman–Crippen MR) is 79.0 cm³/mol. The number of hydrogen-bond acceptors (Lipinski definition) is 4. The third-order valence-corrected chi connectivity index (χ3v) is 3.80. The van der Waals surface area contributed by atoms with Crippen molar-refractivity contribution in [2.24, 2.45) is 0 Å². The first-order chi connectivity index (χ1) is 10.7. The number of aromatic nitrogens is 3. The average molecular weight is 298 g/mol. The molecule has 2 aromatic rings. The first-order valence-corrected chi connectivity index (χ1v) is 7.22. The number of halogens is 1. The lowest BCUT2D eigenvalue weighted by Gasteiger charge is -2.08. The van der Waals surface area contributed by atoms with Gasteiger partial charge in [-0.05, 0) is 37.1 Å². The summed E-state index contributed by atoms with van der Waals surface area (Å²) in [5.74, 6) is 0.613. The van der Waals surface area contributed by atoms with E-state index < -0.39 is 5.82 Å². The zero-order valence-electron chi connectivity index (χ0n) is 12.0. The molecule has 2 heterocycles. The van der Waals surface area contributed by atoms with Crippen LogP contribution in [0.1, 0.15) is 36.5 Å². The van der Waals surface area contributed by atoms with Crippen LogP contribution in [0.25, 0.3) is 11.3 Å². The van der Waals surface area contributed by atoms with Crippen LogP contribution in [0.15, 0.2) is 24.3 Å². The summed E-state index contributed by atoms with van der Waals surface area (Å²) in [6.07, 6.45) is 3.98. The monoisotopic (exact) mass is 298 g/mol. The van der Waals surface area contributed by atoms with Crippen LogP contribution in [-0.4, -0.2) is 19.9 Å². The Balaban J connectivity index is 2.08. The zero-order valence-corrected chi connectivity index (χ0v) is 12.0. The molecule has 1 aliphatic rings. The molecule has 1 aromatic heterocycles. The number of hydrogen-bond donors (Lipinski definition) is 1. The van der Waals surface area contributed by atoms with Crippen molar-refractivity contribution in [3.63, 3.8) is 0 Å². The molecule has 0 amide bonds. The fourth-order valence-electron chi connectivity index (χ4n) is 2.63. The van der Waals surface area contributed by atoms with Gasteiger partial charge in [-0.1, -0.05) is 6.42 Å². The zero-order chi connectivity index (χ0) is 15.5. The van der Waals surface area contributed by atoms with E-state index in [0.29, 0.717) is 11.4 Å². The van der Waals surface area contributed by atoms with Gasteiger partial charge in [0.15, 0.2) is 5.82 Å². The Morgan fingerprint density at radius 2 is 1.95 bits per heavy atom. The molecular formula is C16H15FN4O. The number of rotatable bonds is 2. The second-order valence-electron chi connectivity index (χ2n) is 5.24. The van der Waals surface area contributed by atoms with Crippen molar-refractivity contribution in [3.8, 4) is 6.07 Å². The lowest BCUT2D eigenvalue weighted by Crippen LogP contribution is -2.06. The molecule has 1 aliphatic heterocycles. The summed E-state index contributed by atoms with van der Waals surface area (Å²) in [7, 11) is 0. The highest BCUT2D eigenvalue weighted by molar-refractivity contribution is 5.92. The second-order valence-corrected chi connectivity index (χ2v) is 5.24. The third-order valence-electron chi connectivity index (χ3n) is 3.80. The van der Waals surface area contributed by atoms with Gasteiger partial charge in [-0.2, -0.15) is 5.26 Å². The minimum Gasteiger partial charge on any atom is -0.506 e. The number of aliphatic hydroxyl groups excluding tert-OH is 1. The minimum atomic E-state index is -0.397. The quantitative estimate of drug-likeness (QED) is 0.683. The summed E-state index contributed by atoms with van der Waals surface area (Å²) in [5.41, 5.74) is 0.441. The fourth-order valence-corrected chi connectivity index (χ4v) is 2.63. The Kier molecular flexibility index (Phi) is 3.88. The van der Waals surface area contributed by atoms with Crippen LogP contribution in [0.4, 0.5) is 4.39 Å². The molecule has 0 aliphatic carbocycles. The Morgan fingerprint density at radius 3 is 2.68 bits per heavy atom. The van der Waals surface area contributed by atoms with Crippen molar-refractivity contribution < 1.29 is 9.50 Å². The van der Waals surface area contributed by atoms with Crippen LogP contribution < -0.4 is 0 Å². The minimum absolute atomic E-state index is 0.0623. The average Bonchev–Trinajstić information content (AvgIpc) is 2.78. The summed E-state index contributed by atoms with van der Waals surface area (Å²) in [4.78, 5) is 0. The van der Waals surface area contributed by atoms with Crippen molar-refractivity contribution in [1.29, 1.82) is 5.26 Å². The predicted octanol–water partition coefficient (Wildman–Crippen LogP) is 3.09. The number of benzene rings is 1. The van der Waals surface area contributed by atoms with E-state index in [1.165, 1.54) is 24.3 Å². The highest BCUT2D eigenvalue weighted by atomic mass is 19.1. The summed E-state index contributed by atoms with van der Waals surface area (Å²) in [5, 5.41) is 28.0. The van der Waals surface area contributed by atoms with Gasteiger partial charge in [0.25, 0.3) is 0 Å². The van der Waals surface area contributed by atoms with Crippen LogP contribution in [0, 0.1) is 17.1 Å². The number of fused-ring (bicyclic) bond motifs is 1. The van der Waals surface area contributed by atoms with E-state index in [4.69, 9.17) is 0 Å². The lowest BCUT2D eigenvalue weighted by molar-refractivity contribution is 0.512. The van der Waals surface area contributed by atoms with Gasteiger partial charge in [-0.25, -0.2) is 4.39 Å². The van der Waals surface area contributed by atoms with Gasteiger partial charge in [-0.3, -0.25) is 0 Å². The van der Waals surface area contributed by atoms with Crippen LogP contribution in [0.3, 0.4) is 0 Å². The van der Waals surface area contributed by atoms with E-state index in [1.54, 1.807) is 0 Å². The maximum Gasteiger partial charge on any atom is 0.178 e. The molecule has 0 atom stereocenters. The molecular weight excluding hydrogens is 283 g/mol. The number of aliphatic hydroxyl groups is 1. The Hall–Kier alpha value is -2.68. The van der Waals surface area contributed by atoms with Gasteiger partial charge in [0.1, 0.15) is 29.0 Å². The summed E-state index contributed by atoms with van der Waals surface area (Å²) < 4.78 is 14.9. The number of nitriles is 1. The standard InChI is InChI=1S/C16H15FN4O/c17-12-7-5-11(6-8-12)15(22)13(10-18)16-20-19-14-4-2-1-3-9-21(14)16/h5-8,22H,1-4,9H2. The van der Waals surface area contributed by atoms with Crippen molar-refractivity contribution in [2.45, 2.75) is 32.2 Å². The van der Waals surface area contributed by atoms with Crippen molar-refractivity contribution >= 4 is 11.3 Å². The summed E-state index contributed by atoms with van der Waals surface area (Å²) in [6, 6.07) is 7.35. The van der Waals surface area contributed by atoms with Gasteiger partial charge in [-0.15, -0.1) is 10.2 Å². The molecule has 5 nitrogen and oxygen atoms in total. The Morgan fingerprint density at radius 1 is 1.18 bits per heavy atom. The first-order valence-electron chi connectivity index (χ1n) is 7.22. The van der Waals surface area contributed by atoms with Crippen molar-refractivity contribution in [1.82, 2.24) is 14.8 Å². The van der Waals surface area contributed by atoms with Crippen LogP contribution >= 0.6 is 0 Å². The molecule has 0 saturated heterocycles. The third kappa shape index (κ3) is 2.58. The maximum absolute atomic E-state index is 13.0. The topological polar surface area (TPSA) is 74.7 Å². The van der Waals surface area contributed by atoms with Gasteiger partial charge in [0, 0.05) is 18.5 Å². The Labute approximate surface area is 127 Å². The van der Waals surface area contributed by atoms with Crippen molar-refractivity contribution in [2.75, 3.05) is 0 Å². The highest BCUT2D eigenvalue weighted by Crippen LogP contribution is 2.25. The van der Waals surface area contributed by atoms with Gasteiger partial charge in [0.2, 0.25) is 0 Å².